The maximum atomic E-state index is 13.5. The molecule has 0 aliphatic carbocycles. The number of amides is 1. The summed E-state index contributed by atoms with van der Waals surface area (Å²) in [6.45, 7) is 2.52. The predicted octanol–water partition coefficient (Wildman–Crippen LogP) is 4.90. The molecule has 6 heteroatoms. The molecule has 1 aliphatic rings. The smallest absolute Gasteiger partial charge is 0.266 e. The van der Waals surface area contributed by atoms with Gasteiger partial charge in [-0.3, -0.25) is 14.2 Å². The normalized spacial score (nSPS) is 14.5. The third kappa shape index (κ3) is 3.27. The average molecular weight is 519 g/mol. The van der Waals surface area contributed by atoms with Gasteiger partial charge in [0, 0.05) is 15.7 Å². The first-order valence-electron chi connectivity index (χ1n) is 9.99. The molecule has 0 atom stereocenters. The maximum Gasteiger partial charge on any atom is 0.266 e. The Bertz CT molecular complexity index is 1420. The highest BCUT2D eigenvalue weighted by atomic mass is 127. The van der Waals surface area contributed by atoms with Crippen molar-refractivity contribution in [3.8, 4) is 5.69 Å². The second-order valence-electron chi connectivity index (χ2n) is 7.23. The van der Waals surface area contributed by atoms with Crippen LogP contribution in [0.3, 0.4) is 0 Å². The van der Waals surface area contributed by atoms with E-state index >= 15 is 0 Å². The molecule has 0 N–H and O–H groups in total. The number of aromatic nitrogens is 2. The van der Waals surface area contributed by atoms with Crippen LogP contribution in [0.5, 0.6) is 0 Å². The molecule has 0 radical (unpaired) electrons. The highest BCUT2D eigenvalue weighted by molar-refractivity contribution is 14.1. The highest BCUT2D eigenvalue weighted by Gasteiger charge is 2.31. The summed E-state index contributed by atoms with van der Waals surface area (Å²) in [7, 11) is 0. The van der Waals surface area contributed by atoms with E-state index in [1.165, 1.54) is 0 Å². The summed E-state index contributed by atoms with van der Waals surface area (Å²) in [5.41, 5.74) is 3.43. The number of hydrogen-bond donors (Lipinski definition) is 0. The van der Waals surface area contributed by atoms with E-state index < -0.39 is 0 Å². The number of rotatable bonds is 3. The van der Waals surface area contributed by atoms with Crippen molar-refractivity contribution in [3.05, 3.63) is 98.1 Å². The van der Waals surface area contributed by atoms with Gasteiger partial charge in [-0.1, -0.05) is 36.4 Å². The van der Waals surface area contributed by atoms with Crippen molar-refractivity contribution in [2.24, 2.45) is 0 Å². The van der Waals surface area contributed by atoms with Gasteiger partial charge in [-0.15, -0.1) is 0 Å². The van der Waals surface area contributed by atoms with E-state index in [1.54, 1.807) is 15.5 Å². The van der Waals surface area contributed by atoms with Crippen LogP contribution in [0.1, 0.15) is 18.3 Å². The van der Waals surface area contributed by atoms with Crippen molar-refractivity contribution in [3.63, 3.8) is 0 Å². The van der Waals surface area contributed by atoms with Crippen LogP contribution in [0, 0.1) is 3.57 Å². The van der Waals surface area contributed by atoms with E-state index in [0.717, 1.165) is 14.8 Å². The zero-order valence-electron chi connectivity index (χ0n) is 16.7. The topological polar surface area (TPSA) is 55.2 Å². The van der Waals surface area contributed by atoms with Gasteiger partial charge in [0.2, 0.25) is 0 Å². The molecule has 0 fully saturated rings. The van der Waals surface area contributed by atoms with Crippen LogP contribution < -0.4 is 10.5 Å². The van der Waals surface area contributed by atoms with Crippen molar-refractivity contribution < 1.29 is 4.79 Å². The zero-order chi connectivity index (χ0) is 21.5. The van der Waals surface area contributed by atoms with Gasteiger partial charge in [0.25, 0.3) is 11.5 Å². The Kier molecular flexibility index (Phi) is 4.94. The fraction of sp³-hybridized carbons (Fsp3) is 0.0800. The lowest BCUT2D eigenvalue weighted by atomic mass is 10.1. The molecule has 31 heavy (non-hydrogen) atoms. The molecule has 2 heterocycles. The standard InChI is InChI=1S/C25H18IN3O2/c1-2-28-22-11-7-6-10-18(22)19(24(28)30)15-23-27-21-13-12-16(26)14-20(21)25(31)29(23)17-8-4-3-5-9-17/h3-15H,2H2,1H3. The lowest BCUT2D eigenvalue weighted by Gasteiger charge is -2.14. The number of halogens is 1. The molecule has 0 unspecified atom stereocenters. The number of benzene rings is 3. The largest absolute Gasteiger partial charge is 0.308 e. The first-order chi connectivity index (χ1) is 15.1. The number of fused-ring (bicyclic) bond motifs is 2. The molecule has 1 aliphatic heterocycles. The molecular formula is C25H18IN3O2. The van der Waals surface area contributed by atoms with E-state index in [2.05, 4.69) is 22.6 Å². The summed E-state index contributed by atoms with van der Waals surface area (Å²) in [5.74, 6) is 0.348. The second kappa shape index (κ2) is 7.77. The lowest BCUT2D eigenvalue weighted by Crippen LogP contribution is -2.26. The van der Waals surface area contributed by atoms with Gasteiger partial charge in [0.05, 0.1) is 27.9 Å². The molecule has 0 saturated heterocycles. The number of likely N-dealkylation sites (N-methyl/N-ethyl adjacent to an activating group) is 1. The van der Waals surface area contributed by atoms with Crippen molar-refractivity contribution >= 4 is 56.7 Å². The molecule has 0 saturated carbocycles. The molecule has 4 aromatic rings. The van der Waals surface area contributed by atoms with Gasteiger partial charge in [-0.25, -0.2) is 4.98 Å². The Hall–Kier alpha value is -3.26. The van der Waals surface area contributed by atoms with Gasteiger partial charge in [0.15, 0.2) is 0 Å². The van der Waals surface area contributed by atoms with Crippen LogP contribution in [0.4, 0.5) is 5.69 Å². The SMILES string of the molecule is CCN1C(=O)C(=Cc2nc3ccc(I)cc3c(=O)n2-c2ccccc2)c2ccccc21. The summed E-state index contributed by atoms with van der Waals surface area (Å²) >= 11 is 2.19. The molecule has 5 rings (SSSR count). The summed E-state index contributed by atoms with van der Waals surface area (Å²) in [5, 5.41) is 0.547. The second-order valence-corrected chi connectivity index (χ2v) is 8.48. The molecular weight excluding hydrogens is 501 g/mol. The highest BCUT2D eigenvalue weighted by Crippen LogP contribution is 2.37. The molecule has 0 bridgehead atoms. The first kappa shape index (κ1) is 19.7. The fourth-order valence-corrected chi connectivity index (χ4v) is 4.48. The van der Waals surface area contributed by atoms with Crippen LogP contribution in [0.25, 0.3) is 28.2 Å². The first-order valence-corrected chi connectivity index (χ1v) is 11.1. The summed E-state index contributed by atoms with van der Waals surface area (Å²) in [6.07, 6.45) is 1.74. The third-order valence-corrected chi connectivity index (χ3v) is 6.09. The Labute approximate surface area is 192 Å². The van der Waals surface area contributed by atoms with Crippen molar-refractivity contribution in [1.82, 2.24) is 9.55 Å². The number of nitrogens with zero attached hydrogens (tertiary/aromatic N) is 3. The van der Waals surface area contributed by atoms with Gasteiger partial charge >= 0.3 is 0 Å². The van der Waals surface area contributed by atoms with Crippen LogP contribution in [0.2, 0.25) is 0 Å². The predicted molar refractivity (Wildman–Crippen MR) is 132 cm³/mol. The van der Waals surface area contributed by atoms with Crippen LogP contribution in [-0.2, 0) is 4.79 Å². The minimum absolute atomic E-state index is 0.0831. The molecule has 1 aromatic heterocycles. The van der Waals surface area contributed by atoms with Crippen LogP contribution in [-0.4, -0.2) is 22.0 Å². The van der Waals surface area contributed by atoms with Gasteiger partial charge < -0.3 is 4.90 Å². The average Bonchev–Trinajstić information content (AvgIpc) is 3.06. The van der Waals surface area contributed by atoms with Gasteiger partial charge in [-0.2, -0.15) is 0 Å². The Morgan fingerprint density at radius 2 is 1.71 bits per heavy atom. The Morgan fingerprint density at radius 3 is 2.48 bits per heavy atom. The number of hydrogen-bond acceptors (Lipinski definition) is 3. The Morgan fingerprint density at radius 1 is 0.968 bits per heavy atom. The van der Waals surface area contributed by atoms with E-state index in [4.69, 9.17) is 4.98 Å². The molecule has 1 amide bonds. The molecule has 5 nitrogen and oxygen atoms in total. The minimum Gasteiger partial charge on any atom is -0.308 e. The number of anilines is 1. The molecule has 152 valence electrons. The Balaban J connectivity index is 1.82. The van der Waals surface area contributed by atoms with Crippen molar-refractivity contribution in [2.45, 2.75) is 6.92 Å². The van der Waals surface area contributed by atoms with Crippen molar-refractivity contribution in [1.29, 1.82) is 0 Å². The third-order valence-electron chi connectivity index (χ3n) is 5.42. The molecule has 3 aromatic carbocycles. The van der Waals surface area contributed by atoms with Gasteiger partial charge in [-0.05, 0) is 72.0 Å². The quantitative estimate of drug-likeness (QED) is 0.286. The summed E-state index contributed by atoms with van der Waals surface area (Å²) < 4.78 is 2.55. The van der Waals surface area contributed by atoms with Crippen LogP contribution >= 0.6 is 22.6 Å². The maximum absolute atomic E-state index is 13.5. The fourth-order valence-electron chi connectivity index (χ4n) is 3.99. The minimum atomic E-state index is -0.160. The van der Waals surface area contributed by atoms with E-state index in [1.807, 2.05) is 79.7 Å². The lowest BCUT2D eigenvalue weighted by molar-refractivity contribution is -0.112. The molecule has 0 spiro atoms. The van der Waals surface area contributed by atoms with Crippen molar-refractivity contribution in [2.75, 3.05) is 11.4 Å². The summed E-state index contributed by atoms with van der Waals surface area (Å²) in [4.78, 5) is 33.2. The van der Waals surface area contributed by atoms with E-state index in [9.17, 15) is 9.59 Å². The van der Waals surface area contributed by atoms with Crippen LogP contribution in [0.15, 0.2) is 77.6 Å². The van der Waals surface area contributed by atoms with Gasteiger partial charge in [0.1, 0.15) is 5.82 Å². The monoisotopic (exact) mass is 519 g/mol. The van der Waals surface area contributed by atoms with E-state index in [-0.39, 0.29) is 11.5 Å². The number of para-hydroxylation sites is 2. The van der Waals surface area contributed by atoms with E-state index in [0.29, 0.717) is 34.5 Å². The summed E-state index contributed by atoms with van der Waals surface area (Å²) in [6, 6.07) is 22.7. The number of carbonyl (C=O) groups is 1. The zero-order valence-corrected chi connectivity index (χ0v) is 18.9. The number of carbonyl (C=O) groups excluding carboxylic acids is 1.